The first-order valence-electron chi connectivity index (χ1n) is 6.22. The highest BCUT2D eigenvalue weighted by atomic mass is 32.1. The molecule has 0 atom stereocenters. The molecule has 1 fully saturated rings. The first-order valence-corrected chi connectivity index (χ1v) is 7.44. The molecule has 100 valence electrons. The van der Waals surface area contributed by atoms with Crippen molar-refractivity contribution in [3.8, 4) is 0 Å². The predicted octanol–water partition coefficient (Wildman–Crippen LogP) is 1.88. The van der Waals surface area contributed by atoms with Crippen LogP contribution in [0.1, 0.15) is 16.9 Å². The van der Waals surface area contributed by atoms with Crippen LogP contribution in [-0.4, -0.2) is 29.0 Å². The van der Waals surface area contributed by atoms with E-state index in [9.17, 15) is 4.79 Å². The third kappa shape index (κ3) is 1.73. The molecule has 0 unspecified atom stereocenters. The molecule has 1 spiro atoms. The zero-order chi connectivity index (χ0) is 13.0. The molecule has 2 aromatic heterocycles. The Labute approximate surface area is 117 Å². The average molecular weight is 296 g/mol. The Morgan fingerprint density at radius 2 is 2.05 bits per heavy atom. The number of hydrogen-bond donors (Lipinski definition) is 2. The van der Waals surface area contributed by atoms with Crippen LogP contribution in [0.15, 0.2) is 4.79 Å². The number of H-pyrrole nitrogens is 2. The maximum Gasteiger partial charge on any atom is 0.260 e. The summed E-state index contributed by atoms with van der Waals surface area (Å²) < 4.78 is 11.9. The van der Waals surface area contributed by atoms with E-state index in [2.05, 4.69) is 9.97 Å². The lowest BCUT2D eigenvalue weighted by Crippen LogP contribution is -2.36. The SMILES string of the molecule is O=c1[nH]c(=S)[nH]c2sc3c(c12)CCC1(C3)OCCO1. The van der Waals surface area contributed by atoms with Crippen molar-refractivity contribution in [3.63, 3.8) is 0 Å². The molecule has 3 heterocycles. The smallest absolute Gasteiger partial charge is 0.260 e. The van der Waals surface area contributed by atoms with Gasteiger partial charge in [0.25, 0.3) is 5.56 Å². The Bertz CT molecular complexity index is 767. The molecule has 5 nitrogen and oxygen atoms in total. The third-order valence-electron chi connectivity index (χ3n) is 3.77. The lowest BCUT2D eigenvalue weighted by atomic mass is 9.92. The summed E-state index contributed by atoms with van der Waals surface area (Å²) in [5.74, 6) is -0.461. The summed E-state index contributed by atoms with van der Waals surface area (Å²) in [6, 6.07) is 0. The van der Waals surface area contributed by atoms with Gasteiger partial charge in [-0.25, -0.2) is 0 Å². The lowest BCUT2D eigenvalue weighted by molar-refractivity contribution is -0.163. The van der Waals surface area contributed by atoms with E-state index in [0.29, 0.717) is 18.0 Å². The second kappa shape index (κ2) is 3.99. The molecule has 19 heavy (non-hydrogen) atoms. The third-order valence-corrected chi connectivity index (χ3v) is 5.12. The number of nitrogens with one attached hydrogen (secondary N) is 2. The highest BCUT2D eigenvalue weighted by Crippen LogP contribution is 2.40. The normalized spacial score (nSPS) is 21.1. The summed E-state index contributed by atoms with van der Waals surface area (Å²) in [5.41, 5.74) is 1.03. The van der Waals surface area contributed by atoms with Gasteiger partial charge in [-0.15, -0.1) is 11.3 Å². The number of ether oxygens (including phenoxy) is 2. The Balaban J connectivity index is 1.91. The van der Waals surface area contributed by atoms with Crippen molar-refractivity contribution in [2.45, 2.75) is 25.0 Å². The molecule has 0 amide bonds. The van der Waals surface area contributed by atoms with E-state index in [0.717, 1.165) is 35.0 Å². The van der Waals surface area contributed by atoms with Crippen molar-refractivity contribution in [3.05, 3.63) is 25.6 Å². The van der Waals surface area contributed by atoms with Gasteiger partial charge >= 0.3 is 0 Å². The van der Waals surface area contributed by atoms with Crippen LogP contribution in [0.3, 0.4) is 0 Å². The molecule has 7 heteroatoms. The number of fused-ring (bicyclic) bond motifs is 3. The molecule has 0 radical (unpaired) electrons. The molecule has 1 aliphatic heterocycles. The quantitative estimate of drug-likeness (QED) is 0.728. The van der Waals surface area contributed by atoms with E-state index < -0.39 is 5.79 Å². The summed E-state index contributed by atoms with van der Waals surface area (Å²) in [4.78, 5) is 19.8. The van der Waals surface area contributed by atoms with E-state index in [-0.39, 0.29) is 5.56 Å². The van der Waals surface area contributed by atoms with Gasteiger partial charge in [-0.3, -0.25) is 9.78 Å². The van der Waals surface area contributed by atoms with Gasteiger partial charge in [0.1, 0.15) is 4.83 Å². The van der Waals surface area contributed by atoms with Gasteiger partial charge in [0.15, 0.2) is 10.6 Å². The Morgan fingerprint density at radius 3 is 2.84 bits per heavy atom. The summed E-state index contributed by atoms with van der Waals surface area (Å²) in [7, 11) is 0. The number of thiophene rings is 1. The monoisotopic (exact) mass is 296 g/mol. The van der Waals surface area contributed by atoms with Gasteiger partial charge in [0.2, 0.25) is 0 Å². The van der Waals surface area contributed by atoms with E-state index in [1.54, 1.807) is 11.3 Å². The van der Waals surface area contributed by atoms with Crippen molar-refractivity contribution >= 4 is 33.8 Å². The highest BCUT2D eigenvalue weighted by molar-refractivity contribution is 7.71. The molecule has 0 saturated carbocycles. The summed E-state index contributed by atoms with van der Waals surface area (Å²) in [6.07, 6.45) is 2.34. The number of hydrogen-bond acceptors (Lipinski definition) is 5. The van der Waals surface area contributed by atoms with E-state index >= 15 is 0 Å². The molecular weight excluding hydrogens is 284 g/mol. The van der Waals surface area contributed by atoms with Crippen LogP contribution in [0.2, 0.25) is 0 Å². The molecule has 2 aromatic rings. The highest BCUT2D eigenvalue weighted by Gasteiger charge is 2.41. The van der Waals surface area contributed by atoms with Gasteiger partial charge in [0.05, 0.1) is 18.6 Å². The molecule has 0 bridgehead atoms. The summed E-state index contributed by atoms with van der Waals surface area (Å²) in [6.45, 7) is 1.31. The first kappa shape index (κ1) is 11.8. The van der Waals surface area contributed by atoms with Gasteiger partial charge in [-0.1, -0.05) is 0 Å². The zero-order valence-corrected chi connectivity index (χ0v) is 11.7. The molecule has 0 aromatic carbocycles. The van der Waals surface area contributed by atoms with Gasteiger partial charge < -0.3 is 14.5 Å². The molecule has 1 saturated heterocycles. The van der Waals surface area contributed by atoms with E-state index in [1.807, 2.05) is 0 Å². The summed E-state index contributed by atoms with van der Waals surface area (Å²) in [5, 5.41) is 0.751. The Hall–Kier alpha value is -1.02. The minimum atomic E-state index is -0.461. The van der Waals surface area contributed by atoms with Gasteiger partial charge in [-0.05, 0) is 24.2 Å². The number of aromatic nitrogens is 2. The molecule has 2 aliphatic rings. The Morgan fingerprint density at radius 1 is 1.26 bits per heavy atom. The Kier molecular flexibility index (Phi) is 2.47. The topological polar surface area (TPSA) is 67.1 Å². The second-order valence-corrected chi connectivity index (χ2v) is 6.41. The largest absolute Gasteiger partial charge is 0.347 e. The lowest BCUT2D eigenvalue weighted by Gasteiger charge is -2.31. The van der Waals surface area contributed by atoms with Crippen LogP contribution in [0.4, 0.5) is 0 Å². The molecule has 2 N–H and O–H groups in total. The fourth-order valence-corrected chi connectivity index (χ4v) is 4.54. The van der Waals surface area contributed by atoms with Crippen LogP contribution in [0, 0.1) is 4.77 Å². The van der Waals surface area contributed by atoms with E-state index in [1.165, 1.54) is 4.88 Å². The zero-order valence-electron chi connectivity index (χ0n) is 10.1. The number of aromatic amines is 2. The molecule has 4 rings (SSSR count). The average Bonchev–Trinajstić information content (AvgIpc) is 2.93. The second-order valence-electron chi connectivity index (χ2n) is 4.90. The molecule has 1 aliphatic carbocycles. The predicted molar refractivity (Wildman–Crippen MR) is 74.3 cm³/mol. The van der Waals surface area contributed by atoms with Crippen LogP contribution in [-0.2, 0) is 22.3 Å². The summed E-state index contributed by atoms with van der Waals surface area (Å²) >= 11 is 6.60. The van der Waals surface area contributed by atoms with Crippen molar-refractivity contribution < 1.29 is 9.47 Å². The minimum Gasteiger partial charge on any atom is -0.347 e. The maximum atomic E-state index is 12.0. The fourth-order valence-electron chi connectivity index (χ4n) is 2.94. The van der Waals surface area contributed by atoms with Crippen LogP contribution in [0.25, 0.3) is 10.2 Å². The number of aryl methyl sites for hydroxylation is 1. The van der Waals surface area contributed by atoms with Crippen molar-refractivity contribution in [1.29, 1.82) is 0 Å². The first-order chi connectivity index (χ1) is 9.17. The maximum absolute atomic E-state index is 12.0. The van der Waals surface area contributed by atoms with Crippen LogP contribution >= 0.6 is 23.6 Å². The van der Waals surface area contributed by atoms with Crippen LogP contribution < -0.4 is 5.56 Å². The van der Waals surface area contributed by atoms with Crippen molar-refractivity contribution in [2.75, 3.05) is 13.2 Å². The minimum absolute atomic E-state index is 0.0968. The van der Waals surface area contributed by atoms with Crippen molar-refractivity contribution in [1.82, 2.24) is 9.97 Å². The van der Waals surface area contributed by atoms with Gasteiger partial charge in [0, 0.05) is 17.7 Å². The van der Waals surface area contributed by atoms with E-state index in [4.69, 9.17) is 21.7 Å². The fraction of sp³-hybridized carbons (Fsp3) is 0.500. The number of rotatable bonds is 0. The van der Waals surface area contributed by atoms with Gasteiger partial charge in [-0.2, -0.15) is 0 Å². The molecular formula is C12H12N2O3S2. The standard InChI is InChI=1S/C12H12N2O3S2/c15-9-8-6-1-2-12(16-3-4-17-12)5-7(6)19-10(8)14-11(18)13-9/h1-5H2,(H2,13,14,15,18). The van der Waals surface area contributed by atoms with Crippen LogP contribution in [0.5, 0.6) is 0 Å². The van der Waals surface area contributed by atoms with Crippen molar-refractivity contribution in [2.24, 2.45) is 0 Å².